The maximum absolute atomic E-state index is 12.1. The molecule has 0 heterocycles. The van der Waals surface area contributed by atoms with Crippen LogP contribution in [0.4, 0.5) is 0 Å². The summed E-state index contributed by atoms with van der Waals surface area (Å²) in [4.78, 5) is 12.2. The summed E-state index contributed by atoms with van der Waals surface area (Å²) in [7, 11) is -2.19. The fraction of sp³-hybridized carbons (Fsp3) is 0.133. The van der Waals surface area contributed by atoms with Gasteiger partial charge in [-0.1, -0.05) is 29.3 Å². The van der Waals surface area contributed by atoms with Gasteiger partial charge in [-0.15, -0.1) is 0 Å². The average molecular weight is 373 g/mol. The summed E-state index contributed by atoms with van der Waals surface area (Å²) in [5.74, 6) is -0.329. The van der Waals surface area contributed by atoms with Gasteiger partial charge >= 0.3 is 0 Å². The lowest BCUT2D eigenvalue weighted by Crippen LogP contribution is -2.23. The molecule has 0 bridgehead atoms. The van der Waals surface area contributed by atoms with Crippen LogP contribution in [0.5, 0.6) is 0 Å². The van der Waals surface area contributed by atoms with E-state index in [1.54, 1.807) is 18.2 Å². The molecule has 0 unspecified atom stereocenters. The van der Waals surface area contributed by atoms with Crippen LogP contribution in [0.3, 0.4) is 0 Å². The minimum Gasteiger partial charge on any atom is -0.348 e. The molecule has 5 nitrogen and oxygen atoms in total. The molecule has 0 saturated heterocycles. The number of amides is 1. The zero-order chi connectivity index (χ0) is 17.0. The van der Waals surface area contributed by atoms with Crippen molar-refractivity contribution in [1.29, 1.82) is 0 Å². The Kier molecular flexibility index (Phi) is 5.64. The van der Waals surface area contributed by atoms with Gasteiger partial charge in [-0.3, -0.25) is 4.79 Å². The smallest absolute Gasteiger partial charge is 0.251 e. The lowest BCUT2D eigenvalue weighted by molar-refractivity contribution is 0.0951. The van der Waals surface area contributed by atoms with Gasteiger partial charge in [0, 0.05) is 22.2 Å². The molecule has 0 aromatic heterocycles. The second kappa shape index (κ2) is 7.31. The highest BCUT2D eigenvalue weighted by molar-refractivity contribution is 7.89. The molecule has 0 atom stereocenters. The van der Waals surface area contributed by atoms with E-state index >= 15 is 0 Å². The first-order valence-corrected chi connectivity index (χ1v) is 8.83. The predicted octanol–water partition coefficient (Wildman–Crippen LogP) is 2.83. The van der Waals surface area contributed by atoms with E-state index < -0.39 is 10.0 Å². The molecule has 2 N–H and O–H groups in total. The molecule has 0 fully saturated rings. The number of nitrogens with one attached hydrogen (secondary N) is 2. The number of carbonyl (C=O) groups is 1. The summed E-state index contributed by atoms with van der Waals surface area (Å²) < 4.78 is 25.5. The van der Waals surface area contributed by atoms with E-state index in [0.29, 0.717) is 15.6 Å². The third kappa shape index (κ3) is 4.45. The number of sulfonamides is 1. The molecule has 122 valence electrons. The molecule has 23 heavy (non-hydrogen) atoms. The monoisotopic (exact) mass is 372 g/mol. The molecule has 0 aliphatic rings. The summed E-state index contributed by atoms with van der Waals surface area (Å²) in [5.41, 5.74) is 1.09. The van der Waals surface area contributed by atoms with Crippen LogP contribution >= 0.6 is 23.2 Å². The number of hydrogen-bond donors (Lipinski definition) is 2. The van der Waals surface area contributed by atoms with Crippen LogP contribution in [-0.4, -0.2) is 21.4 Å². The molecule has 2 aromatic carbocycles. The standard InChI is InChI=1S/C15H14Cl2N2O3S/c1-18-23(21,22)13-6-3-10(4-7-13)15(20)19-9-11-2-5-12(16)8-14(11)17/h2-8,18H,9H2,1H3,(H,19,20). The second-order valence-electron chi connectivity index (χ2n) is 4.65. The third-order valence-corrected chi connectivity index (χ3v) is 5.17. The second-order valence-corrected chi connectivity index (χ2v) is 7.38. The molecule has 1 amide bonds. The number of hydrogen-bond acceptors (Lipinski definition) is 3. The lowest BCUT2D eigenvalue weighted by atomic mass is 10.2. The van der Waals surface area contributed by atoms with Crippen molar-refractivity contribution in [3.8, 4) is 0 Å². The van der Waals surface area contributed by atoms with Crippen molar-refractivity contribution in [3.05, 3.63) is 63.6 Å². The van der Waals surface area contributed by atoms with Crippen molar-refractivity contribution in [1.82, 2.24) is 10.0 Å². The summed E-state index contributed by atoms with van der Waals surface area (Å²) in [6.07, 6.45) is 0. The number of carbonyl (C=O) groups excluding carboxylic acids is 1. The van der Waals surface area contributed by atoms with Gasteiger partial charge in [0.25, 0.3) is 5.91 Å². The van der Waals surface area contributed by atoms with Gasteiger partial charge in [0.05, 0.1) is 4.90 Å². The number of benzene rings is 2. The van der Waals surface area contributed by atoms with Gasteiger partial charge < -0.3 is 5.32 Å². The van der Waals surface area contributed by atoms with E-state index in [9.17, 15) is 13.2 Å². The van der Waals surface area contributed by atoms with Gasteiger partial charge in [0.2, 0.25) is 10.0 Å². The van der Waals surface area contributed by atoms with Crippen molar-refractivity contribution < 1.29 is 13.2 Å². The molecule has 0 spiro atoms. The van der Waals surface area contributed by atoms with Crippen molar-refractivity contribution in [2.45, 2.75) is 11.4 Å². The molecular weight excluding hydrogens is 359 g/mol. The van der Waals surface area contributed by atoms with Crippen LogP contribution in [0.25, 0.3) is 0 Å². The van der Waals surface area contributed by atoms with E-state index in [1.807, 2.05) is 0 Å². The summed E-state index contributed by atoms with van der Waals surface area (Å²) >= 11 is 11.8. The largest absolute Gasteiger partial charge is 0.348 e. The normalized spacial score (nSPS) is 11.3. The van der Waals surface area contributed by atoms with Gasteiger partial charge in [0.1, 0.15) is 0 Å². The Morgan fingerprint density at radius 3 is 2.30 bits per heavy atom. The Morgan fingerprint density at radius 2 is 1.74 bits per heavy atom. The Balaban J connectivity index is 2.06. The van der Waals surface area contributed by atoms with E-state index in [4.69, 9.17) is 23.2 Å². The van der Waals surface area contributed by atoms with E-state index in [0.717, 1.165) is 5.56 Å². The first-order chi connectivity index (χ1) is 10.8. The zero-order valence-corrected chi connectivity index (χ0v) is 14.5. The van der Waals surface area contributed by atoms with Gasteiger partial charge in [-0.05, 0) is 49.0 Å². The Hall–Kier alpha value is -1.60. The molecule has 0 aliphatic heterocycles. The summed E-state index contributed by atoms with van der Waals surface area (Å²) in [6.45, 7) is 0.241. The first kappa shape index (κ1) is 17.7. The maximum Gasteiger partial charge on any atom is 0.251 e. The topological polar surface area (TPSA) is 75.3 Å². The van der Waals surface area contributed by atoms with Gasteiger partial charge in [0.15, 0.2) is 0 Å². The van der Waals surface area contributed by atoms with E-state index in [-0.39, 0.29) is 17.3 Å². The number of rotatable bonds is 5. The van der Waals surface area contributed by atoms with Crippen LogP contribution in [0, 0.1) is 0 Å². The summed E-state index contributed by atoms with van der Waals surface area (Å²) in [6, 6.07) is 10.7. The zero-order valence-electron chi connectivity index (χ0n) is 12.1. The Bertz CT molecular complexity index is 821. The van der Waals surface area contributed by atoms with E-state index in [2.05, 4.69) is 10.0 Å². The summed E-state index contributed by atoms with van der Waals surface area (Å²) in [5, 5.41) is 3.70. The van der Waals surface area contributed by atoms with Crippen LogP contribution in [0.2, 0.25) is 10.0 Å². The van der Waals surface area contributed by atoms with Crippen LogP contribution in [0.1, 0.15) is 15.9 Å². The SMILES string of the molecule is CNS(=O)(=O)c1ccc(C(=O)NCc2ccc(Cl)cc2Cl)cc1. The fourth-order valence-electron chi connectivity index (χ4n) is 1.85. The molecule has 2 aromatic rings. The van der Waals surface area contributed by atoms with Crippen molar-refractivity contribution >= 4 is 39.1 Å². The van der Waals surface area contributed by atoms with Gasteiger partial charge in [-0.25, -0.2) is 13.1 Å². The molecular formula is C15H14Cl2N2O3S. The van der Waals surface area contributed by atoms with Crippen molar-refractivity contribution in [2.24, 2.45) is 0 Å². The molecule has 2 rings (SSSR count). The highest BCUT2D eigenvalue weighted by Crippen LogP contribution is 2.20. The van der Waals surface area contributed by atoms with Crippen LogP contribution in [-0.2, 0) is 16.6 Å². The predicted molar refractivity (Wildman–Crippen MR) is 90.3 cm³/mol. The van der Waals surface area contributed by atoms with Gasteiger partial charge in [-0.2, -0.15) is 0 Å². The van der Waals surface area contributed by atoms with Crippen molar-refractivity contribution in [2.75, 3.05) is 7.05 Å². The minimum atomic E-state index is -3.52. The average Bonchev–Trinajstić information content (AvgIpc) is 2.54. The Morgan fingerprint density at radius 1 is 1.09 bits per heavy atom. The molecule has 0 aliphatic carbocycles. The first-order valence-electron chi connectivity index (χ1n) is 6.59. The minimum absolute atomic E-state index is 0.0947. The molecule has 0 radical (unpaired) electrons. The molecule has 8 heteroatoms. The Labute approximate surface area is 144 Å². The molecule has 0 saturated carbocycles. The highest BCUT2D eigenvalue weighted by Gasteiger charge is 2.12. The maximum atomic E-state index is 12.1. The van der Waals surface area contributed by atoms with E-state index in [1.165, 1.54) is 31.3 Å². The third-order valence-electron chi connectivity index (χ3n) is 3.15. The van der Waals surface area contributed by atoms with Crippen LogP contribution < -0.4 is 10.0 Å². The lowest BCUT2D eigenvalue weighted by Gasteiger charge is -2.08. The van der Waals surface area contributed by atoms with Crippen molar-refractivity contribution in [3.63, 3.8) is 0 Å². The quantitative estimate of drug-likeness (QED) is 0.846. The highest BCUT2D eigenvalue weighted by atomic mass is 35.5. The fourth-order valence-corrected chi connectivity index (χ4v) is 3.05. The number of halogens is 2. The van der Waals surface area contributed by atoms with Crippen LogP contribution in [0.15, 0.2) is 47.4 Å².